The first-order valence-electron chi connectivity index (χ1n) is 26.3. The van der Waals surface area contributed by atoms with Crippen molar-refractivity contribution in [3.05, 3.63) is 125 Å². The Labute approximate surface area is 488 Å². The van der Waals surface area contributed by atoms with Gasteiger partial charge in [0.2, 0.25) is 11.3 Å². The molecule has 2 aromatic carbocycles. The van der Waals surface area contributed by atoms with Crippen LogP contribution in [0.25, 0.3) is 39.8 Å². The molecule has 85 heavy (non-hydrogen) atoms. The molecule has 0 bridgehead atoms. The minimum atomic E-state index is -5.81. The van der Waals surface area contributed by atoms with Gasteiger partial charge in [-0.25, -0.2) is 36.7 Å². The van der Waals surface area contributed by atoms with Gasteiger partial charge in [0.15, 0.2) is 0 Å². The summed E-state index contributed by atoms with van der Waals surface area (Å²) in [4.78, 5) is 60.3. The molecule has 1 amide bonds. The lowest BCUT2D eigenvalue weighted by molar-refractivity contribution is -0.121. The molecule has 1 fully saturated rings. The summed E-state index contributed by atoms with van der Waals surface area (Å²) >= 11 is 0. The number of carbonyl (C=O) groups is 1. The van der Waals surface area contributed by atoms with Gasteiger partial charge in [0, 0.05) is 70.9 Å². The van der Waals surface area contributed by atoms with Gasteiger partial charge in [-0.1, -0.05) is 54.3 Å². The summed E-state index contributed by atoms with van der Waals surface area (Å²) in [5.74, 6) is 6.00. The number of amides is 1. The van der Waals surface area contributed by atoms with Crippen LogP contribution in [-0.4, -0.2) is 122 Å². The molecule has 4 aliphatic rings. The molecule has 9 N–H and O–H groups in total. The van der Waals surface area contributed by atoms with Crippen LogP contribution in [0.1, 0.15) is 81.4 Å². The summed E-state index contributed by atoms with van der Waals surface area (Å²) in [5, 5.41) is 14.8. The summed E-state index contributed by atoms with van der Waals surface area (Å²) < 4.78 is 135. The number of benzene rings is 3. The lowest BCUT2D eigenvalue weighted by atomic mass is 9.77. The molecule has 27 nitrogen and oxygen atoms in total. The van der Waals surface area contributed by atoms with Crippen molar-refractivity contribution in [2.75, 3.05) is 49.2 Å². The van der Waals surface area contributed by atoms with Gasteiger partial charge in [-0.15, -0.1) is 0 Å². The van der Waals surface area contributed by atoms with E-state index in [1.165, 1.54) is 29.0 Å². The number of phosphoric acid groups is 3. The SMILES string of the molecule is CC[N+](CC)=c1ccc2c(/C=C/C=C3\N(CCCS(=O)(=O)[O-])c4ccc(S(=O)(=O)O)cc4C3(C)CCCC(=O)NCC#Cc3cn([C@H]4C[C@H](O)[C@@H](COP(=O)(O)OP(=O)(O)OP(=O)(O)O)O4)c4ncnc(N)c34)c(C)c(-c3ccccc3)oc-2c1. The summed E-state index contributed by atoms with van der Waals surface area (Å²) in [6, 6.07) is 19.8. The summed E-state index contributed by atoms with van der Waals surface area (Å²) in [6.07, 6.45) is 4.59. The number of nitrogens with two attached hydrogens (primary N) is 1. The molecule has 4 aromatic rings. The molecule has 3 aliphatic heterocycles. The van der Waals surface area contributed by atoms with E-state index >= 15 is 0 Å². The fraction of sp³-hybridized carbons (Fsp3) is 0.358. The molecule has 6 atom stereocenters. The Morgan fingerprint density at radius 2 is 1.73 bits per heavy atom. The number of fused-ring (bicyclic) bond motifs is 3. The van der Waals surface area contributed by atoms with E-state index in [2.05, 4.69) is 58.7 Å². The van der Waals surface area contributed by atoms with Gasteiger partial charge in [-0.3, -0.25) is 13.9 Å². The molecule has 456 valence electrons. The molecule has 0 saturated carbocycles. The zero-order chi connectivity index (χ0) is 61.9. The third-order valence-corrected chi connectivity index (χ3v) is 19.8. The average molecular weight is 1270 g/mol. The second-order valence-electron chi connectivity index (χ2n) is 20.0. The largest absolute Gasteiger partial charge is 0.748 e. The number of aliphatic hydroxyl groups excluding tert-OH is 1. The Hall–Kier alpha value is -6.25. The third-order valence-electron chi connectivity index (χ3n) is 14.3. The van der Waals surface area contributed by atoms with Crippen LogP contribution < -0.4 is 25.9 Å². The highest BCUT2D eigenvalue weighted by Crippen LogP contribution is 2.66. The zero-order valence-corrected chi connectivity index (χ0v) is 50.4. The molecule has 8 rings (SSSR count). The Bertz CT molecular complexity index is 4080. The maximum atomic E-state index is 13.6. The van der Waals surface area contributed by atoms with Crippen LogP contribution >= 0.6 is 23.5 Å². The maximum absolute atomic E-state index is 13.6. The maximum Gasteiger partial charge on any atom is 0.490 e. The smallest absolute Gasteiger partial charge is 0.490 e. The van der Waals surface area contributed by atoms with E-state index in [0.29, 0.717) is 28.5 Å². The van der Waals surface area contributed by atoms with Crippen LogP contribution in [0.2, 0.25) is 0 Å². The standard InChI is InChI=1S/C53H62N7O20P3S2/c1-5-58(6-2)37-20-22-40-39(34(3)50(78-44(40)28-37)35-14-8-7-9-15-35)17-10-18-46-53(4,41-29-38(85(73,74)75)21-23-42(41)59(46)26-13-27-84(70,71)72)24-11-19-47(62)55-25-12-16-36-31-60(52-49(36)51(54)56-33-57-52)48-30-43(61)45(77-48)32-76-82(66,67)80-83(68,69)79-81(63,64)65/h7-10,14-15,17-18,20-23,28-29,31,33,43,45,48,61H,5-6,11,13,19,24-27,30,32H2,1-4H3,(H8-,54,55,56,57,62,63,64,65,66,67,68,69,70,71,72,73,74,75)/t43-,45+,48+,53?/m0/s1. The van der Waals surface area contributed by atoms with E-state index in [1.807, 2.05) is 85.5 Å². The topological polar surface area (TPSA) is 406 Å². The van der Waals surface area contributed by atoms with Crippen molar-refractivity contribution in [2.24, 2.45) is 0 Å². The van der Waals surface area contributed by atoms with E-state index < -0.39 is 85.8 Å². The highest BCUT2D eigenvalue weighted by Gasteiger charge is 2.45. The van der Waals surface area contributed by atoms with Crippen LogP contribution in [0.4, 0.5) is 11.5 Å². The Morgan fingerprint density at radius 3 is 2.41 bits per heavy atom. The average Bonchev–Trinajstić information content (AvgIpc) is 1.70. The molecular weight excluding hydrogens is 1210 g/mol. The number of nitrogen functional groups attached to an aromatic ring is 1. The molecule has 5 heterocycles. The highest BCUT2D eigenvalue weighted by atomic mass is 32.2. The fourth-order valence-electron chi connectivity index (χ4n) is 10.4. The molecule has 1 aliphatic carbocycles. The lowest BCUT2D eigenvalue weighted by Crippen LogP contribution is -2.31. The summed E-state index contributed by atoms with van der Waals surface area (Å²) in [7, 11) is -26.3. The fourth-order valence-corrected chi connectivity index (χ4v) is 14.4. The minimum absolute atomic E-state index is 0.00441. The minimum Gasteiger partial charge on any atom is -0.748 e. The monoisotopic (exact) mass is 1270 g/mol. The number of anilines is 2. The van der Waals surface area contributed by atoms with Crippen LogP contribution in [0, 0.1) is 18.8 Å². The second-order valence-corrected chi connectivity index (χ2v) is 27.4. The Balaban J connectivity index is 1.03. The van der Waals surface area contributed by atoms with Crippen molar-refractivity contribution >= 4 is 78.2 Å². The van der Waals surface area contributed by atoms with E-state index in [1.54, 1.807) is 0 Å². The van der Waals surface area contributed by atoms with Crippen molar-refractivity contribution in [3.63, 3.8) is 0 Å². The Morgan fingerprint density at radius 1 is 1.00 bits per heavy atom. The lowest BCUT2D eigenvalue weighted by Gasteiger charge is -2.30. The number of allylic oxidation sites excluding steroid dienone is 3. The van der Waals surface area contributed by atoms with Crippen LogP contribution in [0.15, 0.2) is 106 Å². The molecular formula is C53H62N7O20P3S2. The number of hydrogen-bond donors (Lipinski definition) is 8. The summed E-state index contributed by atoms with van der Waals surface area (Å²) in [5.41, 5.74) is 10.5. The molecule has 1 saturated heterocycles. The summed E-state index contributed by atoms with van der Waals surface area (Å²) in [6.45, 7) is 8.44. The molecule has 32 heteroatoms. The highest BCUT2D eigenvalue weighted by molar-refractivity contribution is 7.86. The third kappa shape index (κ3) is 15.7. The van der Waals surface area contributed by atoms with Crippen LogP contribution in [0.3, 0.4) is 0 Å². The van der Waals surface area contributed by atoms with Gasteiger partial charge in [0.05, 0.1) is 51.3 Å². The number of aliphatic hydroxyl groups is 1. The second kappa shape index (κ2) is 26.0. The van der Waals surface area contributed by atoms with E-state index in [-0.39, 0.29) is 72.5 Å². The van der Waals surface area contributed by atoms with Gasteiger partial charge in [0.1, 0.15) is 54.7 Å². The Kier molecular flexibility index (Phi) is 19.8. The van der Waals surface area contributed by atoms with Crippen molar-refractivity contribution < 1.29 is 91.4 Å². The van der Waals surface area contributed by atoms with Crippen LogP contribution in [-0.2, 0) is 62.0 Å². The molecule has 3 unspecified atom stereocenters. The molecule has 0 spiro atoms. The molecule has 0 radical (unpaired) electrons. The van der Waals surface area contributed by atoms with Crippen molar-refractivity contribution in [1.29, 1.82) is 0 Å². The number of carbonyl (C=O) groups excluding carboxylic acids is 1. The first kappa shape index (κ1) is 64.7. The first-order valence-corrected chi connectivity index (χ1v) is 33.9. The number of rotatable bonds is 23. The number of phosphoric ester groups is 1. The first-order chi connectivity index (χ1) is 39.9. The number of nitrogens with zero attached hydrogens (tertiary/aromatic N) is 5. The van der Waals surface area contributed by atoms with Gasteiger partial charge in [-0.05, 0) is 88.4 Å². The number of aromatic nitrogens is 3. The van der Waals surface area contributed by atoms with E-state index in [0.717, 1.165) is 47.0 Å². The quantitative estimate of drug-likeness (QED) is 0.0165. The van der Waals surface area contributed by atoms with Crippen molar-refractivity contribution in [3.8, 4) is 34.5 Å². The predicted octanol–water partition coefficient (Wildman–Crippen LogP) is 5.69. The van der Waals surface area contributed by atoms with Crippen LogP contribution in [0.5, 0.6) is 0 Å². The molecule has 2 aromatic heterocycles. The van der Waals surface area contributed by atoms with Crippen molar-refractivity contribution in [2.45, 2.75) is 88.5 Å². The number of nitrogens with one attached hydrogen (secondary N) is 1. The van der Waals surface area contributed by atoms with Gasteiger partial charge < -0.3 is 58.9 Å². The van der Waals surface area contributed by atoms with Crippen molar-refractivity contribution in [1.82, 2.24) is 24.4 Å². The van der Waals surface area contributed by atoms with Gasteiger partial charge in [0.25, 0.3) is 10.1 Å². The normalized spacial score (nSPS) is 20.2. The van der Waals surface area contributed by atoms with Gasteiger partial charge >= 0.3 is 23.5 Å². The van der Waals surface area contributed by atoms with Gasteiger partial charge in [-0.2, -0.15) is 17.0 Å². The van der Waals surface area contributed by atoms with E-state index in [9.17, 15) is 59.3 Å². The van der Waals surface area contributed by atoms with E-state index in [4.69, 9.17) is 24.7 Å². The number of hydrogen-bond acceptors (Lipinski definition) is 19. The zero-order valence-electron chi connectivity index (χ0n) is 46.1. The predicted molar refractivity (Wildman–Crippen MR) is 309 cm³/mol. The number of ether oxygens (including phenoxy) is 1.